The summed E-state index contributed by atoms with van der Waals surface area (Å²) in [4.78, 5) is 23.2. The van der Waals surface area contributed by atoms with Crippen LogP contribution in [-0.4, -0.2) is 29.6 Å². The van der Waals surface area contributed by atoms with E-state index in [1.54, 1.807) is 31.4 Å². The Kier molecular flexibility index (Phi) is 3.85. The molecule has 0 bridgehead atoms. The largest absolute Gasteiger partial charge is 0.480 e. The molecule has 5 heteroatoms. The second-order valence-electron chi connectivity index (χ2n) is 4.82. The van der Waals surface area contributed by atoms with Crippen LogP contribution in [0.15, 0.2) is 24.3 Å². The summed E-state index contributed by atoms with van der Waals surface area (Å²) in [6, 6.07) is 6.95. The number of amides is 1. The smallest absolute Gasteiger partial charge is 0.329 e. The van der Waals surface area contributed by atoms with Gasteiger partial charge in [-0.15, -0.1) is 0 Å². The van der Waals surface area contributed by atoms with E-state index in [1.807, 2.05) is 0 Å². The lowest BCUT2D eigenvalue weighted by Gasteiger charge is -2.38. The first-order valence-electron chi connectivity index (χ1n) is 6.21. The highest BCUT2D eigenvalue weighted by molar-refractivity contribution is 5.98. The standard InChI is InChI=1S/C14H17NO4/c1-19-9-10-3-5-11(6-4-10)12(16)15-14(13(17)18)7-2-8-14/h3-6H,2,7-9H2,1H3,(H,15,16)(H,17,18). The highest BCUT2D eigenvalue weighted by Crippen LogP contribution is 2.32. The van der Waals surface area contributed by atoms with E-state index in [4.69, 9.17) is 9.84 Å². The molecule has 1 aliphatic carbocycles. The summed E-state index contributed by atoms with van der Waals surface area (Å²) in [5, 5.41) is 11.8. The number of hydrogen-bond donors (Lipinski definition) is 2. The van der Waals surface area contributed by atoms with Crippen molar-refractivity contribution in [2.45, 2.75) is 31.4 Å². The monoisotopic (exact) mass is 263 g/mol. The summed E-state index contributed by atoms with van der Waals surface area (Å²) in [6.45, 7) is 0.487. The van der Waals surface area contributed by atoms with E-state index >= 15 is 0 Å². The molecule has 1 fully saturated rings. The zero-order valence-corrected chi connectivity index (χ0v) is 10.8. The quantitative estimate of drug-likeness (QED) is 0.845. The van der Waals surface area contributed by atoms with Crippen molar-refractivity contribution < 1.29 is 19.4 Å². The normalized spacial score (nSPS) is 16.5. The van der Waals surface area contributed by atoms with Crippen LogP contribution in [0.3, 0.4) is 0 Å². The van der Waals surface area contributed by atoms with Crippen LogP contribution < -0.4 is 5.32 Å². The maximum atomic E-state index is 12.0. The molecule has 0 saturated heterocycles. The molecule has 2 N–H and O–H groups in total. The number of hydrogen-bond acceptors (Lipinski definition) is 3. The van der Waals surface area contributed by atoms with Gasteiger partial charge in [0.1, 0.15) is 5.54 Å². The molecule has 102 valence electrons. The van der Waals surface area contributed by atoms with Crippen molar-refractivity contribution in [3.05, 3.63) is 35.4 Å². The Morgan fingerprint density at radius 3 is 2.37 bits per heavy atom. The van der Waals surface area contributed by atoms with Crippen LogP contribution >= 0.6 is 0 Å². The highest BCUT2D eigenvalue weighted by atomic mass is 16.5. The average Bonchev–Trinajstić information content (AvgIpc) is 2.34. The second-order valence-corrected chi connectivity index (χ2v) is 4.82. The maximum Gasteiger partial charge on any atom is 0.329 e. The third-order valence-corrected chi connectivity index (χ3v) is 3.50. The van der Waals surface area contributed by atoms with Crippen LogP contribution in [0.1, 0.15) is 35.2 Å². The van der Waals surface area contributed by atoms with Gasteiger partial charge >= 0.3 is 5.97 Å². The zero-order chi connectivity index (χ0) is 13.9. The van der Waals surface area contributed by atoms with E-state index < -0.39 is 11.5 Å². The first-order valence-corrected chi connectivity index (χ1v) is 6.21. The molecule has 1 saturated carbocycles. The van der Waals surface area contributed by atoms with Gasteiger partial charge < -0.3 is 15.2 Å². The summed E-state index contributed by atoms with van der Waals surface area (Å²) in [5.74, 6) is -1.30. The van der Waals surface area contributed by atoms with Crippen molar-refractivity contribution in [1.29, 1.82) is 0 Å². The topological polar surface area (TPSA) is 75.6 Å². The molecular formula is C14H17NO4. The van der Waals surface area contributed by atoms with Gasteiger partial charge in [0.05, 0.1) is 6.61 Å². The van der Waals surface area contributed by atoms with Gasteiger partial charge in [-0.05, 0) is 37.0 Å². The first kappa shape index (κ1) is 13.5. The van der Waals surface area contributed by atoms with E-state index in [9.17, 15) is 9.59 Å². The van der Waals surface area contributed by atoms with Gasteiger partial charge in [-0.1, -0.05) is 12.1 Å². The van der Waals surface area contributed by atoms with Crippen LogP contribution in [0.2, 0.25) is 0 Å². The molecule has 2 rings (SSSR count). The first-order chi connectivity index (χ1) is 9.07. The Balaban J connectivity index is 2.05. The third kappa shape index (κ3) is 2.76. The Morgan fingerprint density at radius 1 is 1.32 bits per heavy atom. The molecule has 1 amide bonds. The van der Waals surface area contributed by atoms with Gasteiger partial charge in [-0.25, -0.2) is 4.79 Å². The van der Waals surface area contributed by atoms with E-state index in [-0.39, 0.29) is 5.91 Å². The average molecular weight is 263 g/mol. The summed E-state index contributed by atoms with van der Waals surface area (Å²) in [7, 11) is 1.60. The minimum absolute atomic E-state index is 0.342. The molecular weight excluding hydrogens is 246 g/mol. The minimum Gasteiger partial charge on any atom is -0.480 e. The molecule has 19 heavy (non-hydrogen) atoms. The molecule has 0 radical (unpaired) electrons. The van der Waals surface area contributed by atoms with E-state index in [2.05, 4.69) is 5.32 Å². The van der Waals surface area contributed by atoms with Crippen LogP contribution in [0, 0.1) is 0 Å². The number of benzene rings is 1. The van der Waals surface area contributed by atoms with Gasteiger partial charge in [0.2, 0.25) is 0 Å². The predicted octanol–water partition coefficient (Wildman–Crippen LogP) is 1.57. The van der Waals surface area contributed by atoms with Crippen molar-refractivity contribution in [1.82, 2.24) is 5.32 Å². The van der Waals surface area contributed by atoms with Gasteiger partial charge in [-0.3, -0.25) is 4.79 Å². The Bertz CT molecular complexity index is 477. The van der Waals surface area contributed by atoms with Gasteiger partial charge in [0.25, 0.3) is 5.91 Å². The number of rotatable bonds is 5. The summed E-state index contributed by atoms with van der Waals surface area (Å²) in [5.41, 5.74) is 0.366. The fourth-order valence-corrected chi connectivity index (χ4v) is 2.13. The summed E-state index contributed by atoms with van der Waals surface area (Å²) < 4.78 is 4.99. The molecule has 0 spiro atoms. The van der Waals surface area contributed by atoms with Crippen molar-refractivity contribution in [3.8, 4) is 0 Å². The number of methoxy groups -OCH3 is 1. The summed E-state index contributed by atoms with van der Waals surface area (Å²) in [6.07, 6.45) is 1.82. The van der Waals surface area contributed by atoms with Crippen LogP contribution in [0.5, 0.6) is 0 Å². The highest BCUT2D eigenvalue weighted by Gasteiger charge is 2.45. The molecule has 5 nitrogen and oxygen atoms in total. The molecule has 1 aromatic rings. The van der Waals surface area contributed by atoms with E-state index in [0.29, 0.717) is 25.0 Å². The van der Waals surface area contributed by atoms with Crippen LogP contribution in [0.4, 0.5) is 0 Å². The van der Waals surface area contributed by atoms with E-state index in [1.165, 1.54) is 0 Å². The number of ether oxygens (including phenoxy) is 1. The minimum atomic E-state index is -1.07. The number of carbonyl (C=O) groups is 2. The van der Waals surface area contributed by atoms with Crippen LogP contribution in [0.25, 0.3) is 0 Å². The van der Waals surface area contributed by atoms with Crippen molar-refractivity contribution in [2.75, 3.05) is 7.11 Å². The third-order valence-electron chi connectivity index (χ3n) is 3.50. The Hall–Kier alpha value is -1.88. The lowest BCUT2D eigenvalue weighted by molar-refractivity contribution is -0.148. The number of carboxylic acids is 1. The van der Waals surface area contributed by atoms with Crippen molar-refractivity contribution in [2.24, 2.45) is 0 Å². The Labute approximate surface area is 111 Å². The van der Waals surface area contributed by atoms with Gasteiger partial charge in [-0.2, -0.15) is 0 Å². The molecule has 0 unspecified atom stereocenters. The van der Waals surface area contributed by atoms with Gasteiger partial charge in [0, 0.05) is 12.7 Å². The number of carbonyl (C=O) groups excluding carboxylic acids is 1. The van der Waals surface area contributed by atoms with Crippen molar-refractivity contribution in [3.63, 3.8) is 0 Å². The van der Waals surface area contributed by atoms with Gasteiger partial charge in [0.15, 0.2) is 0 Å². The Morgan fingerprint density at radius 2 is 1.95 bits per heavy atom. The lowest BCUT2D eigenvalue weighted by Crippen LogP contribution is -2.59. The molecule has 1 aromatic carbocycles. The molecule has 0 aromatic heterocycles. The lowest BCUT2D eigenvalue weighted by atomic mass is 9.76. The maximum absolute atomic E-state index is 12.0. The molecule has 0 atom stereocenters. The molecule has 0 aliphatic heterocycles. The summed E-state index contributed by atoms with van der Waals surface area (Å²) >= 11 is 0. The number of carboxylic acid groups (broad SMARTS) is 1. The van der Waals surface area contributed by atoms with Crippen molar-refractivity contribution >= 4 is 11.9 Å². The fraction of sp³-hybridized carbons (Fsp3) is 0.429. The zero-order valence-electron chi connectivity index (χ0n) is 10.8. The fourth-order valence-electron chi connectivity index (χ4n) is 2.13. The number of nitrogens with one attached hydrogen (secondary N) is 1. The SMILES string of the molecule is COCc1ccc(C(=O)NC2(C(=O)O)CCC2)cc1. The van der Waals surface area contributed by atoms with E-state index in [0.717, 1.165) is 12.0 Å². The van der Waals surface area contributed by atoms with Crippen LogP contribution in [-0.2, 0) is 16.1 Å². The number of aliphatic carboxylic acids is 1. The predicted molar refractivity (Wildman–Crippen MR) is 68.8 cm³/mol. The second kappa shape index (κ2) is 5.40. The molecule has 0 heterocycles. The molecule has 1 aliphatic rings.